The number of nitrogens with one attached hydrogen (secondary N) is 1. The summed E-state index contributed by atoms with van der Waals surface area (Å²) in [5.74, 6) is -2.30. The molecule has 1 atom stereocenters. The number of ether oxygens (including phenoxy) is 1. The zero-order valence-electron chi connectivity index (χ0n) is 21.3. The highest BCUT2D eigenvalue weighted by atomic mass is 19.1. The SMILES string of the molecule is C[C@@H](C(=O)Nc1cnc(Oc2ccc(F)cc2F)cn1)N1CCN(C(=O)c2cn(C)c(=O)cn2)C(C)(C)C1. The Morgan fingerprint density at radius 2 is 1.87 bits per heavy atom. The van der Waals surface area contributed by atoms with Crippen molar-refractivity contribution in [2.45, 2.75) is 32.4 Å². The van der Waals surface area contributed by atoms with Gasteiger partial charge in [0.05, 0.1) is 30.2 Å². The number of benzene rings is 1. The van der Waals surface area contributed by atoms with Gasteiger partial charge in [0, 0.05) is 38.9 Å². The first kappa shape index (κ1) is 26.8. The van der Waals surface area contributed by atoms with E-state index in [9.17, 15) is 23.2 Å². The summed E-state index contributed by atoms with van der Waals surface area (Å²) in [6, 6.07) is 2.34. The first-order valence-electron chi connectivity index (χ1n) is 11.8. The van der Waals surface area contributed by atoms with Crippen LogP contribution in [0.3, 0.4) is 0 Å². The molecule has 1 N–H and O–H groups in total. The van der Waals surface area contributed by atoms with Crippen molar-refractivity contribution in [3.63, 3.8) is 0 Å². The van der Waals surface area contributed by atoms with Gasteiger partial charge in [-0.2, -0.15) is 0 Å². The number of nitrogens with zero attached hydrogens (tertiary/aromatic N) is 6. The van der Waals surface area contributed by atoms with Crippen LogP contribution >= 0.6 is 0 Å². The van der Waals surface area contributed by atoms with Crippen molar-refractivity contribution in [1.82, 2.24) is 29.3 Å². The van der Waals surface area contributed by atoms with E-state index >= 15 is 0 Å². The van der Waals surface area contributed by atoms with Gasteiger partial charge in [0.1, 0.15) is 11.5 Å². The molecule has 4 rings (SSSR count). The van der Waals surface area contributed by atoms with Gasteiger partial charge in [-0.05, 0) is 32.9 Å². The van der Waals surface area contributed by atoms with Crippen molar-refractivity contribution < 1.29 is 23.1 Å². The van der Waals surface area contributed by atoms with Gasteiger partial charge in [-0.3, -0.25) is 19.3 Å². The molecule has 11 nitrogen and oxygen atoms in total. The molecule has 1 saturated heterocycles. The van der Waals surface area contributed by atoms with Crippen LogP contribution in [-0.4, -0.2) is 72.3 Å². The third-order valence-corrected chi connectivity index (χ3v) is 6.29. The van der Waals surface area contributed by atoms with Crippen molar-refractivity contribution >= 4 is 17.6 Å². The average molecular weight is 528 g/mol. The summed E-state index contributed by atoms with van der Waals surface area (Å²) in [4.78, 5) is 53.4. The molecular weight excluding hydrogens is 500 g/mol. The average Bonchev–Trinajstić information content (AvgIpc) is 2.87. The van der Waals surface area contributed by atoms with Crippen LogP contribution in [0.25, 0.3) is 0 Å². The largest absolute Gasteiger partial charge is 0.434 e. The van der Waals surface area contributed by atoms with Crippen LogP contribution in [0.4, 0.5) is 14.6 Å². The van der Waals surface area contributed by atoms with Crippen LogP contribution in [0.2, 0.25) is 0 Å². The summed E-state index contributed by atoms with van der Waals surface area (Å²) in [7, 11) is 1.56. The van der Waals surface area contributed by atoms with E-state index in [0.717, 1.165) is 18.3 Å². The second-order valence-electron chi connectivity index (χ2n) is 9.54. The van der Waals surface area contributed by atoms with Gasteiger partial charge in [-0.15, -0.1) is 0 Å². The standard InChI is InChI=1S/C25H27F2N7O4/c1-15(23(36)31-20-10-30-21(11-29-20)38-19-6-5-16(26)9-17(19)27)33-7-8-34(25(2,3)14-33)24(37)18-13-32(4)22(35)12-28-18/h5-6,9-13,15H,7-8,14H2,1-4H3,(H,29,31,36)/t15-/m0/s1. The molecule has 2 amide bonds. The summed E-state index contributed by atoms with van der Waals surface area (Å²) >= 11 is 0. The van der Waals surface area contributed by atoms with E-state index in [2.05, 4.69) is 20.3 Å². The topological polar surface area (TPSA) is 123 Å². The summed E-state index contributed by atoms with van der Waals surface area (Å²) in [6.07, 6.45) is 5.01. The molecule has 2 aromatic heterocycles. The molecule has 0 unspecified atom stereocenters. The van der Waals surface area contributed by atoms with Gasteiger partial charge < -0.3 is 19.5 Å². The minimum absolute atomic E-state index is 0.0305. The third kappa shape index (κ3) is 5.83. The van der Waals surface area contributed by atoms with E-state index in [1.807, 2.05) is 18.7 Å². The van der Waals surface area contributed by atoms with Crippen LogP contribution < -0.4 is 15.6 Å². The molecule has 3 heterocycles. The lowest BCUT2D eigenvalue weighted by atomic mass is 9.97. The predicted octanol–water partition coefficient (Wildman–Crippen LogP) is 2.20. The van der Waals surface area contributed by atoms with Gasteiger partial charge in [0.2, 0.25) is 11.8 Å². The molecular formula is C25H27F2N7O4. The second-order valence-corrected chi connectivity index (χ2v) is 9.54. The number of anilines is 1. The van der Waals surface area contributed by atoms with Crippen LogP contribution in [-0.2, 0) is 11.8 Å². The number of carbonyl (C=O) groups excluding carboxylic acids is 2. The molecule has 1 aliphatic rings. The maximum absolute atomic E-state index is 13.8. The Labute approximate surface area is 217 Å². The molecule has 0 radical (unpaired) electrons. The van der Waals surface area contributed by atoms with Crippen molar-refractivity contribution in [3.8, 4) is 11.6 Å². The fraction of sp³-hybridized carbons (Fsp3) is 0.360. The Morgan fingerprint density at radius 1 is 1.11 bits per heavy atom. The van der Waals surface area contributed by atoms with Crippen LogP contribution in [0.1, 0.15) is 31.3 Å². The fourth-order valence-electron chi connectivity index (χ4n) is 4.15. The minimum Gasteiger partial charge on any atom is -0.434 e. The highest BCUT2D eigenvalue weighted by Crippen LogP contribution is 2.25. The lowest BCUT2D eigenvalue weighted by molar-refractivity contribution is -0.122. The summed E-state index contributed by atoms with van der Waals surface area (Å²) in [6.45, 7) is 6.77. The van der Waals surface area contributed by atoms with Gasteiger partial charge in [-0.25, -0.2) is 23.7 Å². The number of aryl methyl sites for hydroxylation is 1. The Balaban J connectivity index is 1.36. The number of halogens is 2. The second kappa shape index (κ2) is 10.6. The molecule has 38 heavy (non-hydrogen) atoms. The number of rotatable bonds is 6. The van der Waals surface area contributed by atoms with Crippen LogP contribution in [0.5, 0.6) is 11.6 Å². The Bertz CT molecular complexity index is 1410. The summed E-state index contributed by atoms with van der Waals surface area (Å²) in [5, 5.41) is 2.69. The maximum atomic E-state index is 13.8. The van der Waals surface area contributed by atoms with Gasteiger partial charge in [-0.1, -0.05) is 0 Å². The monoisotopic (exact) mass is 527 g/mol. The van der Waals surface area contributed by atoms with Gasteiger partial charge in [0.15, 0.2) is 17.4 Å². The molecule has 0 bridgehead atoms. The summed E-state index contributed by atoms with van der Waals surface area (Å²) in [5.41, 5.74) is -0.749. The molecule has 200 valence electrons. The highest BCUT2D eigenvalue weighted by Gasteiger charge is 2.40. The molecule has 13 heteroatoms. The Hall–Kier alpha value is -4.26. The molecule has 0 spiro atoms. The number of piperazine rings is 1. The fourth-order valence-corrected chi connectivity index (χ4v) is 4.15. The zero-order valence-corrected chi connectivity index (χ0v) is 21.3. The highest BCUT2D eigenvalue weighted by molar-refractivity contribution is 5.94. The van der Waals surface area contributed by atoms with Crippen molar-refractivity contribution in [2.75, 3.05) is 25.0 Å². The number of carbonyl (C=O) groups is 2. The lowest BCUT2D eigenvalue weighted by Gasteiger charge is -2.48. The lowest BCUT2D eigenvalue weighted by Crippen LogP contribution is -2.63. The normalized spacial score (nSPS) is 16.1. The van der Waals surface area contributed by atoms with Crippen LogP contribution in [0, 0.1) is 11.6 Å². The van der Waals surface area contributed by atoms with E-state index < -0.39 is 23.2 Å². The smallest absolute Gasteiger partial charge is 0.274 e. The zero-order chi connectivity index (χ0) is 27.6. The first-order valence-corrected chi connectivity index (χ1v) is 11.8. The Kier molecular flexibility index (Phi) is 7.49. The van der Waals surface area contributed by atoms with Crippen molar-refractivity contribution in [3.05, 3.63) is 70.7 Å². The van der Waals surface area contributed by atoms with E-state index in [0.29, 0.717) is 25.7 Å². The molecule has 0 saturated carbocycles. The van der Waals surface area contributed by atoms with E-state index in [-0.39, 0.29) is 40.5 Å². The molecule has 1 aliphatic heterocycles. The van der Waals surface area contributed by atoms with E-state index in [1.165, 1.54) is 23.2 Å². The number of hydrogen-bond donors (Lipinski definition) is 1. The molecule has 1 fully saturated rings. The minimum atomic E-state index is -0.881. The predicted molar refractivity (Wildman–Crippen MR) is 133 cm³/mol. The number of aromatic nitrogens is 4. The molecule has 0 aliphatic carbocycles. The quantitative estimate of drug-likeness (QED) is 0.518. The first-order chi connectivity index (χ1) is 17.9. The molecule has 3 aromatic rings. The van der Waals surface area contributed by atoms with Crippen molar-refractivity contribution in [2.24, 2.45) is 7.05 Å². The Morgan fingerprint density at radius 3 is 2.50 bits per heavy atom. The number of amides is 2. The van der Waals surface area contributed by atoms with Gasteiger partial charge >= 0.3 is 0 Å². The van der Waals surface area contributed by atoms with Gasteiger partial charge in [0.25, 0.3) is 11.5 Å². The third-order valence-electron chi connectivity index (χ3n) is 6.29. The van der Waals surface area contributed by atoms with E-state index in [4.69, 9.17) is 4.74 Å². The number of hydrogen-bond acceptors (Lipinski definition) is 8. The summed E-state index contributed by atoms with van der Waals surface area (Å²) < 4.78 is 33.4. The van der Waals surface area contributed by atoms with Crippen LogP contribution in [0.15, 0.2) is 47.8 Å². The van der Waals surface area contributed by atoms with E-state index in [1.54, 1.807) is 18.9 Å². The molecule has 1 aromatic carbocycles. The van der Waals surface area contributed by atoms with Crippen molar-refractivity contribution in [1.29, 1.82) is 0 Å². The maximum Gasteiger partial charge on any atom is 0.274 e.